The van der Waals surface area contributed by atoms with E-state index in [2.05, 4.69) is 27.8 Å². The summed E-state index contributed by atoms with van der Waals surface area (Å²) in [4.78, 5) is 34.3. The van der Waals surface area contributed by atoms with Gasteiger partial charge >= 0.3 is 5.97 Å². The molecule has 1 fully saturated rings. The van der Waals surface area contributed by atoms with E-state index in [4.69, 9.17) is 9.72 Å². The summed E-state index contributed by atoms with van der Waals surface area (Å²) in [5, 5.41) is 15.7. The van der Waals surface area contributed by atoms with Crippen LogP contribution in [0.2, 0.25) is 0 Å². The molecule has 37 heavy (non-hydrogen) atoms. The van der Waals surface area contributed by atoms with Crippen LogP contribution in [0.4, 0.5) is 5.82 Å². The summed E-state index contributed by atoms with van der Waals surface area (Å²) < 4.78 is 5.92. The lowest BCUT2D eigenvalue weighted by Crippen LogP contribution is -2.42. The Bertz CT molecular complexity index is 1230. The molecule has 1 amide bonds. The van der Waals surface area contributed by atoms with Crippen LogP contribution in [-0.2, 0) is 22.4 Å². The molecule has 1 unspecified atom stereocenters. The second kappa shape index (κ2) is 11.8. The Kier molecular flexibility index (Phi) is 8.11. The van der Waals surface area contributed by atoms with Crippen molar-refractivity contribution in [2.24, 2.45) is 5.92 Å². The van der Waals surface area contributed by atoms with Crippen LogP contribution in [0.5, 0.6) is 0 Å². The Morgan fingerprint density at radius 1 is 1.24 bits per heavy atom. The summed E-state index contributed by atoms with van der Waals surface area (Å²) in [6, 6.07) is 10.5. The number of aryl methyl sites for hydroxylation is 2. The smallest absolute Gasteiger partial charge is 0.326 e. The Balaban J connectivity index is 1.03. The van der Waals surface area contributed by atoms with Gasteiger partial charge in [0.1, 0.15) is 11.9 Å². The van der Waals surface area contributed by atoms with Crippen LogP contribution in [0.3, 0.4) is 0 Å². The molecule has 194 valence electrons. The Labute approximate surface area is 220 Å². The molecule has 1 aliphatic heterocycles. The summed E-state index contributed by atoms with van der Waals surface area (Å²) in [5.41, 5.74) is 5.48. The molecule has 8 nitrogen and oxygen atoms in total. The van der Waals surface area contributed by atoms with Crippen LogP contribution >= 0.6 is 11.3 Å². The normalized spacial score (nSPS) is 19.2. The third-order valence-electron chi connectivity index (χ3n) is 7.16. The van der Waals surface area contributed by atoms with E-state index in [1.54, 1.807) is 29.9 Å². The first-order valence-corrected chi connectivity index (χ1v) is 13.8. The SMILES string of the molecule is O=C(NC(CCOC1CC(CCc2ccc3c(n2)NCCC3)C1)C(=O)O)c1cccc(-c2cncs2)c1. The van der Waals surface area contributed by atoms with Gasteiger partial charge in [-0.25, -0.2) is 9.78 Å². The molecule has 0 saturated heterocycles. The van der Waals surface area contributed by atoms with Crippen LogP contribution < -0.4 is 10.6 Å². The van der Waals surface area contributed by atoms with Crippen LogP contribution in [0.1, 0.15) is 53.7 Å². The van der Waals surface area contributed by atoms with Gasteiger partial charge in [0.15, 0.2) is 0 Å². The van der Waals surface area contributed by atoms with E-state index in [1.165, 1.54) is 23.3 Å². The summed E-state index contributed by atoms with van der Waals surface area (Å²) >= 11 is 1.48. The zero-order valence-corrected chi connectivity index (χ0v) is 21.5. The number of ether oxygens (including phenoxy) is 1. The number of aliphatic carboxylic acids is 1. The maximum absolute atomic E-state index is 12.7. The number of carbonyl (C=O) groups excluding carboxylic acids is 1. The average molecular weight is 521 g/mol. The Morgan fingerprint density at radius 2 is 2.14 bits per heavy atom. The quantitative estimate of drug-likeness (QED) is 0.340. The number of rotatable bonds is 11. The molecule has 0 radical (unpaired) electrons. The van der Waals surface area contributed by atoms with Gasteiger partial charge < -0.3 is 20.5 Å². The lowest BCUT2D eigenvalue weighted by molar-refractivity contribution is -0.140. The molecule has 0 bridgehead atoms. The highest BCUT2D eigenvalue weighted by atomic mass is 32.1. The maximum atomic E-state index is 12.7. The first kappa shape index (κ1) is 25.4. The number of carbonyl (C=O) groups is 2. The first-order chi connectivity index (χ1) is 18.0. The third-order valence-corrected chi connectivity index (χ3v) is 7.98. The first-order valence-electron chi connectivity index (χ1n) is 12.9. The molecular formula is C28H32N4O4S. The highest BCUT2D eigenvalue weighted by Crippen LogP contribution is 2.34. The van der Waals surface area contributed by atoms with Gasteiger partial charge in [-0.2, -0.15) is 0 Å². The predicted molar refractivity (Wildman–Crippen MR) is 143 cm³/mol. The molecular weight excluding hydrogens is 488 g/mol. The molecule has 1 aliphatic carbocycles. The molecule has 2 aromatic heterocycles. The maximum Gasteiger partial charge on any atom is 0.326 e. The van der Waals surface area contributed by atoms with Crippen LogP contribution in [0.25, 0.3) is 10.4 Å². The highest BCUT2D eigenvalue weighted by Gasteiger charge is 2.30. The average Bonchev–Trinajstić information content (AvgIpc) is 3.44. The zero-order chi connectivity index (χ0) is 25.6. The molecule has 1 saturated carbocycles. The molecule has 1 aromatic carbocycles. The van der Waals surface area contributed by atoms with Gasteiger partial charge in [0.25, 0.3) is 5.91 Å². The van der Waals surface area contributed by atoms with Gasteiger partial charge in [-0.05, 0) is 73.8 Å². The zero-order valence-electron chi connectivity index (χ0n) is 20.7. The van der Waals surface area contributed by atoms with Crippen LogP contribution in [0.15, 0.2) is 48.1 Å². The van der Waals surface area contributed by atoms with E-state index in [0.717, 1.165) is 60.6 Å². The number of hydrogen-bond acceptors (Lipinski definition) is 7. The Hall–Kier alpha value is -3.30. The number of nitrogens with one attached hydrogen (secondary N) is 2. The van der Waals surface area contributed by atoms with Crippen molar-refractivity contribution < 1.29 is 19.4 Å². The monoisotopic (exact) mass is 520 g/mol. The molecule has 0 spiro atoms. The van der Waals surface area contributed by atoms with Gasteiger partial charge in [-0.1, -0.05) is 18.2 Å². The number of carboxylic acids is 1. The molecule has 3 aromatic rings. The molecule has 5 rings (SSSR count). The summed E-state index contributed by atoms with van der Waals surface area (Å²) in [6.07, 6.45) is 8.40. The fourth-order valence-electron chi connectivity index (χ4n) is 4.93. The molecule has 1 atom stereocenters. The van der Waals surface area contributed by atoms with Gasteiger partial charge in [0.2, 0.25) is 0 Å². The van der Waals surface area contributed by atoms with Crippen molar-refractivity contribution in [3.8, 4) is 10.4 Å². The molecule has 3 N–H and O–H groups in total. The summed E-state index contributed by atoms with van der Waals surface area (Å²) in [5.74, 6) is 0.185. The number of carboxylic acid groups (broad SMARTS) is 1. The number of benzene rings is 1. The second-order valence-electron chi connectivity index (χ2n) is 9.81. The minimum absolute atomic E-state index is 0.157. The minimum atomic E-state index is -1.06. The van der Waals surface area contributed by atoms with Crippen LogP contribution in [0, 0.1) is 5.92 Å². The number of anilines is 1. The summed E-state index contributed by atoms with van der Waals surface area (Å²) in [7, 11) is 0. The van der Waals surface area contributed by atoms with Crippen molar-refractivity contribution in [2.75, 3.05) is 18.5 Å². The second-order valence-corrected chi connectivity index (χ2v) is 10.7. The predicted octanol–water partition coefficient (Wildman–Crippen LogP) is 4.56. The van der Waals surface area contributed by atoms with E-state index < -0.39 is 17.9 Å². The van der Waals surface area contributed by atoms with E-state index >= 15 is 0 Å². The lowest BCUT2D eigenvalue weighted by Gasteiger charge is -2.35. The molecule has 2 aliphatic rings. The standard InChI is InChI=1S/C28H32N4O4S/c33-27(21-4-1-3-20(15-21)25-16-29-17-37-25)32-24(28(34)35)10-12-36-23-13-18(14-23)6-8-22-9-7-19-5-2-11-30-26(19)31-22/h1,3-4,7,9,15-18,23-24H,2,5-6,8,10-14H2,(H,30,31)(H,32,33)(H,34,35). The number of hydrogen-bond donors (Lipinski definition) is 3. The fraction of sp³-hybridized carbons (Fsp3) is 0.429. The van der Waals surface area contributed by atoms with Crippen molar-refractivity contribution in [3.63, 3.8) is 0 Å². The van der Waals surface area contributed by atoms with E-state index in [0.29, 0.717) is 18.1 Å². The molecule has 3 heterocycles. The highest BCUT2D eigenvalue weighted by molar-refractivity contribution is 7.13. The van der Waals surface area contributed by atoms with Gasteiger partial charge in [-0.3, -0.25) is 9.78 Å². The van der Waals surface area contributed by atoms with Crippen molar-refractivity contribution in [2.45, 2.75) is 57.1 Å². The van der Waals surface area contributed by atoms with E-state index in [1.807, 2.05) is 6.07 Å². The number of amides is 1. The summed E-state index contributed by atoms with van der Waals surface area (Å²) in [6.45, 7) is 1.30. The number of aromatic nitrogens is 2. The third kappa shape index (κ3) is 6.53. The van der Waals surface area contributed by atoms with Gasteiger partial charge in [0, 0.05) is 37.0 Å². The van der Waals surface area contributed by atoms with E-state index in [-0.39, 0.29) is 12.5 Å². The van der Waals surface area contributed by atoms with Crippen molar-refractivity contribution in [3.05, 3.63) is 64.9 Å². The van der Waals surface area contributed by atoms with Crippen molar-refractivity contribution >= 4 is 29.0 Å². The number of thiazole rings is 1. The topological polar surface area (TPSA) is 113 Å². The van der Waals surface area contributed by atoms with Crippen LogP contribution in [-0.4, -0.2) is 52.2 Å². The fourth-order valence-corrected chi connectivity index (χ4v) is 5.55. The minimum Gasteiger partial charge on any atom is -0.480 e. The molecule has 9 heteroatoms. The lowest BCUT2D eigenvalue weighted by atomic mass is 9.79. The number of pyridine rings is 1. The van der Waals surface area contributed by atoms with Crippen molar-refractivity contribution in [1.82, 2.24) is 15.3 Å². The number of fused-ring (bicyclic) bond motifs is 1. The van der Waals surface area contributed by atoms with Gasteiger partial charge in [-0.15, -0.1) is 11.3 Å². The Morgan fingerprint density at radius 3 is 2.95 bits per heavy atom. The largest absolute Gasteiger partial charge is 0.480 e. The van der Waals surface area contributed by atoms with Crippen molar-refractivity contribution in [1.29, 1.82) is 0 Å². The van der Waals surface area contributed by atoms with Gasteiger partial charge in [0.05, 0.1) is 16.5 Å². The number of nitrogens with zero attached hydrogens (tertiary/aromatic N) is 2. The van der Waals surface area contributed by atoms with E-state index in [9.17, 15) is 14.7 Å².